The van der Waals surface area contributed by atoms with Crippen molar-refractivity contribution >= 4 is 11.3 Å². The maximum atomic E-state index is 13.0. The highest BCUT2D eigenvalue weighted by Gasteiger charge is 2.23. The number of hydrogen-bond acceptors (Lipinski definition) is 6. The number of alkyl halides is 2. The van der Waals surface area contributed by atoms with E-state index < -0.39 is 17.9 Å². The number of fused-ring (bicyclic) bond motifs is 1. The van der Waals surface area contributed by atoms with Crippen molar-refractivity contribution in [3.63, 3.8) is 0 Å². The average Bonchev–Trinajstić information content (AvgIpc) is 3.14. The Bertz CT molecular complexity index is 1100. The normalized spacial score (nSPS) is 11.9. The minimum atomic E-state index is -3.09. The Morgan fingerprint density at radius 3 is 2.61 bits per heavy atom. The second-order valence-electron chi connectivity index (χ2n) is 7.57. The van der Waals surface area contributed by atoms with Crippen molar-refractivity contribution < 1.29 is 28.2 Å². The number of nitrogens with one attached hydrogen (secondary N) is 1. The molecule has 7 nitrogen and oxygen atoms in total. The maximum Gasteiger partial charge on any atom is 0.387 e. The maximum absolute atomic E-state index is 13.0. The Labute approximate surface area is 178 Å². The van der Waals surface area contributed by atoms with Crippen molar-refractivity contribution in [1.82, 2.24) is 14.9 Å². The van der Waals surface area contributed by atoms with E-state index in [1.54, 1.807) is 16.8 Å². The highest BCUT2D eigenvalue weighted by atomic mass is 19.3. The molecule has 2 N–H and O–H groups in total. The van der Waals surface area contributed by atoms with Crippen LogP contribution in [0.5, 0.6) is 11.5 Å². The summed E-state index contributed by atoms with van der Waals surface area (Å²) in [5.74, 6) is -0.547. The van der Waals surface area contributed by atoms with Crippen molar-refractivity contribution in [2.75, 3.05) is 20.3 Å². The van der Waals surface area contributed by atoms with Crippen LogP contribution in [-0.4, -0.2) is 47.4 Å². The largest absolute Gasteiger partial charge is 0.496 e. The van der Waals surface area contributed by atoms with Crippen LogP contribution in [0.4, 0.5) is 8.78 Å². The molecule has 1 aromatic carbocycles. The smallest absolute Gasteiger partial charge is 0.387 e. The van der Waals surface area contributed by atoms with E-state index >= 15 is 0 Å². The highest BCUT2D eigenvalue weighted by Crippen LogP contribution is 2.38. The van der Waals surface area contributed by atoms with E-state index in [-0.39, 0.29) is 23.7 Å². The number of carbonyl (C=O) groups is 1. The first-order chi connectivity index (χ1) is 14.7. The van der Waals surface area contributed by atoms with Gasteiger partial charge in [0, 0.05) is 23.8 Å². The molecule has 0 spiro atoms. The first kappa shape index (κ1) is 22.6. The third-order valence-electron chi connectivity index (χ3n) is 5.08. The summed E-state index contributed by atoms with van der Waals surface area (Å²) in [5.41, 5.74) is 2.45. The number of Topliss-reactive ketones (excluding diaryl/α,β-unsaturated/α-hetero) is 1. The average molecular weight is 433 g/mol. The van der Waals surface area contributed by atoms with Gasteiger partial charge in [0.05, 0.1) is 25.4 Å². The highest BCUT2D eigenvalue weighted by molar-refractivity contribution is 6.01. The molecular formula is C22H25F2N3O4. The molecule has 3 aromatic rings. The van der Waals surface area contributed by atoms with E-state index in [9.17, 15) is 13.6 Å². The molecule has 0 amide bonds. The SMILES string of the molecule is COc1cc(-c2cnn3cc(C(C)(C)NCCO)ccc23)cc(OC(F)F)c1C(C)=O. The van der Waals surface area contributed by atoms with Crippen molar-refractivity contribution in [1.29, 1.82) is 0 Å². The van der Waals surface area contributed by atoms with Gasteiger partial charge in [-0.25, -0.2) is 4.52 Å². The second kappa shape index (κ2) is 8.99. The Morgan fingerprint density at radius 1 is 1.29 bits per heavy atom. The van der Waals surface area contributed by atoms with Crippen LogP contribution in [0.1, 0.15) is 36.7 Å². The van der Waals surface area contributed by atoms with Crippen LogP contribution in [0.15, 0.2) is 36.7 Å². The Morgan fingerprint density at radius 2 is 2.00 bits per heavy atom. The Kier molecular flexibility index (Phi) is 6.56. The topological polar surface area (TPSA) is 85.1 Å². The van der Waals surface area contributed by atoms with Gasteiger partial charge in [-0.05, 0) is 50.1 Å². The number of ketones is 1. The van der Waals surface area contributed by atoms with Crippen LogP contribution in [0, 0.1) is 0 Å². The van der Waals surface area contributed by atoms with Crippen molar-refractivity contribution in [2.45, 2.75) is 32.9 Å². The molecule has 2 aromatic heterocycles. The lowest BCUT2D eigenvalue weighted by atomic mass is 9.95. The molecule has 3 rings (SSSR count). The number of rotatable bonds is 9. The number of nitrogens with zero attached hydrogens (tertiary/aromatic N) is 2. The second-order valence-corrected chi connectivity index (χ2v) is 7.57. The van der Waals surface area contributed by atoms with Crippen LogP contribution in [-0.2, 0) is 5.54 Å². The summed E-state index contributed by atoms with van der Waals surface area (Å²) in [6.07, 6.45) is 3.47. The van der Waals surface area contributed by atoms with Gasteiger partial charge in [0.25, 0.3) is 0 Å². The molecule has 0 fully saturated rings. The number of pyridine rings is 1. The zero-order valence-corrected chi connectivity index (χ0v) is 17.8. The van der Waals surface area contributed by atoms with Gasteiger partial charge in [-0.3, -0.25) is 4.79 Å². The minimum Gasteiger partial charge on any atom is -0.496 e. The number of aliphatic hydroxyl groups is 1. The van der Waals surface area contributed by atoms with Gasteiger partial charge in [-0.2, -0.15) is 13.9 Å². The number of methoxy groups -OCH3 is 1. The van der Waals surface area contributed by atoms with E-state index in [1.165, 1.54) is 20.1 Å². The Balaban J connectivity index is 2.10. The lowest BCUT2D eigenvalue weighted by molar-refractivity contribution is -0.0501. The fraction of sp³-hybridized carbons (Fsp3) is 0.364. The lowest BCUT2D eigenvalue weighted by Gasteiger charge is -2.26. The third kappa shape index (κ3) is 4.67. The monoisotopic (exact) mass is 433 g/mol. The van der Waals surface area contributed by atoms with Gasteiger partial charge in [0.2, 0.25) is 0 Å². The number of halogens is 2. The van der Waals surface area contributed by atoms with Crippen LogP contribution in [0.25, 0.3) is 16.6 Å². The summed E-state index contributed by atoms with van der Waals surface area (Å²) < 4.78 is 37.5. The molecule has 0 atom stereocenters. The van der Waals surface area contributed by atoms with Gasteiger partial charge in [0.15, 0.2) is 5.78 Å². The van der Waals surface area contributed by atoms with Gasteiger partial charge in [-0.1, -0.05) is 6.07 Å². The molecule has 0 saturated heterocycles. The number of benzene rings is 1. The Hall–Kier alpha value is -3.04. The summed E-state index contributed by atoms with van der Waals surface area (Å²) in [4.78, 5) is 12.0. The van der Waals surface area contributed by atoms with Gasteiger partial charge < -0.3 is 19.9 Å². The summed E-state index contributed by atoms with van der Waals surface area (Å²) >= 11 is 0. The molecule has 0 aliphatic heterocycles. The molecule has 9 heteroatoms. The van der Waals surface area contributed by atoms with Gasteiger partial charge >= 0.3 is 6.61 Å². The molecule has 31 heavy (non-hydrogen) atoms. The zero-order chi connectivity index (χ0) is 22.8. The number of aliphatic hydroxyl groups excluding tert-OH is 1. The summed E-state index contributed by atoms with van der Waals surface area (Å²) in [7, 11) is 1.36. The summed E-state index contributed by atoms with van der Waals surface area (Å²) in [6.45, 7) is 2.64. The molecule has 0 saturated carbocycles. The number of carbonyl (C=O) groups excluding carboxylic acids is 1. The first-order valence-electron chi connectivity index (χ1n) is 9.70. The van der Waals surface area contributed by atoms with E-state index in [1.807, 2.05) is 32.2 Å². The molecule has 0 radical (unpaired) electrons. The summed E-state index contributed by atoms with van der Waals surface area (Å²) in [6, 6.07) is 6.80. The van der Waals surface area contributed by atoms with E-state index in [0.717, 1.165) is 11.1 Å². The predicted octanol–water partition coefficient (Wildman–Crippen LogP) is 3.63. The number of hydrogen-bond donors (Lipinski definition) is 2. The van der Waals surface area contributed by atoms with Crippen molar-refractivity contribution in [3.05, 3.63) is 47.8 Å². The fourth-order valence-corrected chi connectivity index (χ4v) is 3.49. The van der Waals surface area contributed by atoms with Gasteiger partial charge in [0.1, 0.15) is 17.1 Å². The van der Waals surface area contributed by atoms with Crippen LogP contribution in [0.2, 0.25) is 0 Å². The quantitative estimate of drug-likeness (QED) is 0.502. The molecule has 0 bridgehead atoms. The molecule has 0 aliphatic carbocycles. The van der Waals surface area contributed by atoms with Crippen LogP contribution >= 0.6 is 0 Å². The number of ether oxygens (including phenoxy) is 2. The van der Waals surface area contributed by atoms with Crippen molar-refractivity contribution in [3.8, 4) is 22.6 Å². The zero-order valence-electron chi connectivity index (χ0n) is 17.8. The molecular weight excluding hydrogens is 408 g/mol. The first-order valence-corrected chi connectivity index (χ1v) is 9.70. The van der Waals surface area contributed by atoms with E-state index in [4.69, 9.17) is 9.84 Å². The molecule has 2 heterocycles. The third-order valence-corrected chi connectivity index (χ3v) is 5.08. The van der Waals surface area contributed by atoms with Gasteiger partial charge in [-0.15, -0.1) is 0 Å². The molecule has 0 unspecified atom stereocenters. The van der Waals surface area contributed by atoms with E-state index in [2.05, 4.69) is 15.2 Å². The van der Waals surface area contributed by atoms with Crippen LogP contribution < -0.4 is 14.8 Å². The number of aromatic nitrogens is 2. The molecule has 0 aliphatic rings. The molecule has 166 valence electrons. The predicted molar refractivity (Wildman–Crippen MR) is 112 cm³/mol. The minimum absolute atomic E-state index is 0.0265. The standard InChI is InChI=1S/C22H25F2N3O4/c1-13(29)20-18(30-4)9-14(10-19(20)31-21(23)24)16-11-26-27-12-15(5-6-17(16)27)22(2,3)25-7-8-28/h5-6,9-12,21,25,28H,7-8H2,1-4H3. The fourth-order valence-electron chi connectivity index (χ4n) is 3.49. The lowest BCUT2D eigenvalue weighted by Crippen LogP contribution is -2.38. The van der Waals surface area contributed by atoms with Crippen molar-refractivity contribution in [2.24, 2.45) is 0 Å². The summed E-state index contributed by atoms with van der Waals surface area (Å²) in [5, 5.41) is 16.7. The van der Waals surface area contributed by atoms with Crippen LogP contribution in [0.3, 0.4) is 0 Å². The van der Waals surface area contributed by atoms with E-state index in [0.29, 0.717) is 17.7 Å².